The zero-order valence-electron chi connectivity index (χ0n) is 6.39. The van der Waals surface area contributed by atoms with E-state index in [9.17, 15) is 8.42 Å². The van der Waals surface area contributed by atoms with Gasteiger partial charge in [0.1, 0.15) is 0 Å². The summed E-state index contributed by atoms with van der Waals surface area (Å²) in [6.45, 7) is 2.03. The van der Waals surface area contributed by atoms with Crippen molar-refractivity contribution in [2.45, 2.75) is 31.6 Å². The lowest BCUT2D eigenvalue weighted by Crippen LogP contribution is -2.11. The highest BCUT2D eigenvalue weighted by molar-refractivity contribution is 8.13. The van der Waals surface area contributed by atoms with E-state index in [1.54, 1.807) is 0 Å². The van der Waals surface area contributed by atoms with E-state index >= 15 is 0 Å². The van der Waals surface area contributed by atoms with E-state index in [2.05, 4.69) is 0 Å². The van der Waals surface area contributed by atoms with Gasteiger partial charge in [-0.05, 0) is 6.42 Å². The van der Waals surface area contributed by atoms with Crippen LogP contribution in [0.4, 0.5) is 0 Å². The van der Waals surface area contributed by atoms with Crippen molar-refractivity contribution in [1.29, 1.82) is 0 Å². The third-order valence-corrected chi connectivity index (χ3v) is 2.98. The fraction of sp³-hybridized carbons (Fsp3) is 1.00. The first-order valence-electron chi connectivity index (χ1n) is 3.52. The van der Waals surface area contributed by atoms with E-state index in [-0.39, 0.29) is 11.1 Å². The second kappa shape index (κ2) is 5.22. The lowest BCUT2D eigenvalue weighted by atomic mass is 10.2. The Labute approximate surface area is 77.3 Å². The first-order valence-corrected chi connectivity index (χ1v) is 6.43. The Kier molecular flexibility index (Phi) is 5.48. The summed E-state index contributed by atoms with van der Waals surface area (Å²) in [5, 5.41) is -0.336. The van der Waals surface area contributed by atoms with Crippen LogP contribution in [0.25, 0.3) is 0 Å². The molecule has 1 atom stereocenters. The minimum atomic E-state index is -3.41. The van der Waals surface area contributed by atoms with Gasteiger partial charge in [-0.3, -0.25) is 0 Å². The van der Waals surface area contributed by atoms with Crippen LogP contribution in [0.2, 0.25) is 0 Å². The Morgan fingerprint density at radius 1 is 1.45 bits per heavy atom. The molecule has 2 nitrogen and oxygen atoms in total. The van der Waals surface area contributed by atoms with Crippen molar-refractivity contribution in [1.82, 2.24) is 0 Å². The highest BCUT2D eigenvalue weighted by atomic mass is 35.7. The van der Waals surface area contributed by atoms with Crippen molar-refractivity contribution in [2.75, 3.05) is 5.75 Å². The van der Waals surface area contributed by atoms with E-state index in [0.29, 0.717) is 6.42 Å². The largest absolute Gasteiger partial charge is 0.234 e. The molecular formula is C6H12Cl2O2S. The summed E-state index contributed by atoms with van der Waals surface area (Å²) in [6.07, 6.45) is 2.68. The van der Waals surface area contributed by atoms with Gasteiger partial charge in [0, 0.05) is 16.1 Å². The van der Waals surface area contributed by atoms with Crippen LogP contribution < -0.4 is 0 Å². The van der Waals surface area contributed by atoms with Crippen molar-refractivity contribution >= 4 is 31.3 Å². The molecule has 0 radical (unpaired) electrons. The van der Waals surface area contributed by atoms with Crippen molar-refractivity contribution in [3.63, 3.8) is 0 Å². The second-order valence-electron chi connectivity index (χ2n) is 2.45. The van der Waals surface area contributed by atoms with Gasteiger partial charge < -0.3 is 0 Å². The summed E-state index contributed by atoms with van der Waals surface area (Å²) < 4.78 is 21.0. The van der Waals surface area contributed by atoms with Gasteiger partial charge in [0.05, 0.1) is 5.75 Å². The number of hydrogen-bond acceptors (Lipinski definition) is 2. The normalized spacial score (nSPS) is 14.8. The monoisotopic (exact) mass is 218 g/mol. The lowest BCUT2D eigenvalue weighted by Gasteiger charge is -2.04. The fourth-order valence-electron chi connectivity index (χ4n) is 0.725. The van der Waals surface area contributed by atoms with Gasteiger partial charge >= 0.3 is 0 Å². The maximum atomic E-state index is 10.5. The predicted octanol–water partition coefficient (Wildman–Crippen LogP) is 2.35. The molecular weight excluding hydrogens is 207 g/mol. The molecule has 0 rings (SSSR count). The Morgan fingerprint density at radius 2 is 2.00 bits per heavy atom. The van der Waals surface area contributed by atoms with Gasteiger partial charge in [-0.25, -0.2) is 8.42 Å². The van der Waals surface area contributed by atoms with E-state index in [0.717, 1.165) is 12.8 Å². The van der Waals surface area contributed by atoms with Gasteiger partial charge in [0.2, 0.25) is 9.05 Å². The van der Waals surface area contributed by atoms with E-state index in [4.69, 9.17) is 22.3 Å². The molecule has 0 aliphatic carbocycles. The lowest BCUT2D eigenvalue weighted by molar-refractivity contribution is 0.603. The molecule has 1 unspecified atom stereocenters. The van der Waals surface area contributed by atoms with E-state index in [1.807, 2.05) is 6.92 Å². The number of halogens is 2. The summed E-state index contributed by atoms with van der Waals surface area (Å²) in [6, 6.07) is 0. The van der Waals surface area contributed by atoms with Crippen LogP contribution in [-0.2, 0) is 9.05 Å². The molecule has 0 saturated heterocycles. The maximum absolute atomic E-state index is 10.5. The minimum Gasteiger partial charge on any atom is -0.212 e. The molecule has 0 heterocycles. The quantitative estimate of drug-likeness (QED) is 0.525. The Hall–Kier alpha value is 0.530. The molecule has 0 saturated carbocycles. The summed E-state index contributed by atoms with van der Waals surface area (Å²) in [5.74, 6) is -0.129. The molecule has 0 amide bonds. The van der Waals surface area contributed by atoms with Gasteiger partial charge in [0.15, 0.2) is 0 Å². The molecule has 0 fully saturated rings. The zero-order valence-corrected chi connectivity index (χ0v) is 8.71. The van der Waals surface area contributed by atoms with Crippen LogP contribution in [-0.4, -0.2) is 19.5 Å². The average Bonchev–Trinajstić information content (AvgIpc) is 1.79. The number of alkyl halides is 1. The van der Waals surface area contributed by atoms with Crippen LogP contribution in [0.1, 0.15) is 26.2 Å². The average molecular weight is 219 g/mol. The Balaban J connectivity index is 3.61. The van der Waals surface area contributed by atoms with Crippen molar-refractivity contribution in [2.24, 2.45) is 0 Å². The third kappa shape index (κ3) is 8.44. The topological polar surface area (TPSA) is 34.1 Å². The number of unbranched alkanes of at least 4 members (excludes halogenated alkanes) is 1. The second-order valence-corrected chi connectivity index (χ2v) is 5.88. The first kappa shape index (κ1) is 11.5. The SMILES string of the molecule is CCCCC(Cl)CS(=O)(=O)Cl. The van der Waals surface area contributed by atoms with Crippen LogP contribution in [0.5, 0.6) is 0 Å². The molecule has 0 aliphatic rings. The van der Waals surface area contributed by atoms with Crippen molar-refractivity contribution in [3.8, 4) is 0 Å². The third-order valence-electron chi connectivity index (χ3n) is 1.25. The van der Waals surface area contributed by atoms with Gasteiger partial charge in [-0.15, -0.1) is 11.6 Å². The Bertz CT molecular complexity index is 189. The summed E-state index contributed by atoms with van der Waals surface area (Å²) in [7, 11) is 1.58. The van der Waals surface area contributed by atoms with E-state index < -0.39 is 9.05 Å². The highest BCUT2D eigenvalue weighted by Crippen LogP contribution is 2.12. The molecule has 5 heteroatoms. The first-order chi connectivity index (χ1) is 4.95. The minimum absolute atomic E-state index is 0.129. The highest BCUT2D eigenvalue weighted by Gasteiger charge is 2.13. The number of hydrogen-bond donors (Lipinski definition) is 0. The molecule has 0 aromatic rings. The maximum Gasteiger partial charge on any atom is 0.234 e. The summed E-state index contributed by atoms with van der Waals surface area (Å²) in [4.78, 5) is 0. The van der Waals surface area contributed by atoms with Gasteiger partial charge in [-0.1, -0.05) is 19.8 Å². The fourth-order valence-corrected chi connectivity index (χ4v) is 2.63. The molecule has 0 N–H and O–H groups in total. The van der Waals surface area contributed by atoms with Crippen LogP contribution in [0.15, 0.2) is 0 Å². The Morgan fingerprint density at radius 3 is 2.36 bits per heavy atom. The van der Waals surface area contributed by atoms with Gasteiger partial charge in [-0.2, -0.15) is 0 Å². The van der Waals surface area contributed by atoms with Crippen LogP contribution >= 0.6 is 22.3 Å². The standard InChI is InChI=1S/C6H12Cl2O2S/c1-2-3-4-6(7)5-11(8,9)10/h6H,2-5H2,1H3. The van der Waals surface area contributed by atoms with Crippen molar-refractivity contribution in [3.05, 3.63) is 0 Å². The molecule has 11 heavy (non-hydrogen) atoms. The van der Waals surface area contributed by atoms with Crippen molar-refractivity contribution < 1.29 is 8.42 Å². The molecule has 0 aromatic carbocycles. The predicted molar refractivity (Wildman–Crippen MR) is 48.8 cm³/mol. The zero-order chi connectivity index (χ0) is 8.91. The molecule has 0 aromatic heterocycles. The molecule has 0 aliphatic heterocycles. The van der Waals surface area contributed by atoms with E-state index in [1.165, 1.54) is 0 Å². The summed E-state index contributed by atoms with van der Waals surface area (Å²) in [5.41, 5.74) is 0. The molecule has 0 bridgehead atoms. The van der Waals surface area contributed by atoms with Crippen LogP contribution in [0.3, 0.4) is 0 Å². The molecule has 68 valence electrons. The smallest absolute Gasteiger partial charge is 0.212 e. The van der Waals surface area contributed by atoms with Gasteiger partial charge in [0.25, 0.3) is 0 Å². The van der Waals surface area contributed by atoms with Crippen LogP contribution in [0, 0.1) is 0 Å². The molecule has 0 spiro atoms. The summed E-state index contributed by atoms with van der Waals surface area (Å²) >= 11 is 5.68. The number of rotatable bonds is 5.